The van der Waals surface area contributed by atoms with Gasteiger partial charge in [0.05, 0.1) is 11.0 Å². The zero-order valence-electron chi connectivity index (χ0n) is 8.90. The third-order valence-corrected chi connectivity index (χ3v) is 3.07. The summed E-state index contributed by atoms with van der Waals surface area (Å²) >= 11 is 0. The fourth-order valence-electron chi connectivity index (χ4n) is 2.45. The number of hydrogen-bond acceptors (Lipinski definition) is 3. The Labute approximate surface area is 95.9 Å². The van der Waals surface area contributed by atoms with E-state index in [0.717, 1.165) is 16.6 Å². The van der Waals surface area contributed by atoms with Crippen molar-refractivity contribution in [3.63, 3.8) is 0 Å². The highest BCUT2D eigenvalue weighted by Gasteiger charge is 2.22. The summed E-state index contributed by atoms with van der Waals surface area (Å²) in [6, 6.07) is 5.27. The summed E-state index contributed by atoms with van der Waals surface area (Å²) in [5.74, 6) is 0. The lowest BCUT2D eigenvalue weighted by Crippen LogP contribution is -2.48. The largest absolute Gasteiger partial charge is 0.530 e. The molecule has 2 N–H and O–H groups in total. The highest BCUT2D eigenvalue weighted by Crippen LogP contribution is 2.22. The Balaban J connectivity index is 2.12. The van der Waals surface area contributed by atoms with E-state index in [9.17, 15) is 14.7 Å². The summed E-state index contributed by atoms with van der Waals surface area (Å²) in [7, 11) is 0. The van der Waals surface area contributed by atoms with E-state index in [4.69, 9.17) is 0 Å². The van der Waals surface area contributed by atoms with E-state index in [1.165, 1.54) is 0 Å². The Morgan fingerprint density at radius 1 is 1.53 bits per heavy atom. The van der Waals surface area contributed by atoms with Crippen LogP contribution in [-0.2, 0) is 13.0 Å². The van der Waals surface area contributed by atoms with Crippen molar-refractivity contribution in [3.05, 3.63) is 34.2 Å². The van der Waals surface area contributed by atoms with Crippen molar-refractivity contribution in [2.75, 3.05) is 0 Å². The zero-order valence-corrected chi connectivity index (χ0v) is 8.90. The highest BCUT2D eigenvalue weighted by atomic mass is 16.4. The number of imidazole rings is 1. The smallest absolute Gasteiger partial charge is 0.326 e. The second kappa shape index (κ2) is 3.38. The number of amides is 1. The molecule has 3 rings (SSSR count). The number of nitrogens with zero attached hydrogens (tertiary/aromatic N) is 1. The van der Waals surface area contributed by atoms with Gasteiger partial charge in [-0.25, -0.2) is 4.79 Å². The van der Waals surface area contributed by atoms with E-state index in [2.05, 4.69) is 10.3 Å². The van der Waals surface area contributed by atoms with Gasteiger partial charge in [-0.05, 0) is 18.1 Å². The molecule has 1 amide bonds. The molecule has 0 saturated heterocycles. The van der Waals surface area contributed by atoms with E-state index in [1.54, 1.807) is 4.57 Å². The monoisotopic (exact) mass is 232 g/mol. The van der Waals surface area contributed by atoms with Gasteiger partial charge in [-0.1, -0.05) is 12.1 Å². The lowest BCUT2D eigenvalue weighted by atomic mass is 10.0. The van der Waals surface area contributed by atoms with Crippen LogP contribution in [0.1, 0.15) is 5.56 Å². The number of aromatic nitrogens is 2. The third-order valence-electron chi connectivity index (χ3n) is 3.07. The van der Waals surface area contributed by atoms with Gasteiger partial charge >= 0.3 is 5.69 Å². The lowest BCUT2D eigenvalue weighted by molar-refractivity contribution is -0.251. The lowest BCUT2D eigenvalue weighted by Gasteiger charge is -2.25. The van der Waals surface area contributed by atoms with Gasteiger partial charge in [0.15, 0.2) is 0 Å². The van der Waals surface area contributed by atoms with Crippen LogP contribution in [0.5, 0.6) is 0 Å². The van der Waals surface area contributed by atoms with Gasteiger partial charge in [-0.3, -0.25) is 4.57 Å². The molecule has 2 aromatic rings. The van der Waals surface area contributed by atoms with Gasteiger partial charge in [0.2, 0.25) is 0 Å². The molecule has 6 nitrogen and oxygen atoms in total. The molecule has 1 aliphatic heterocycles. The summed E-state index contributed by atoms with van der Waals surface area (Å²) in [6.45, 7) is 0.337. The fraction of sp³-hybridized carbons (Fsp3) is 0.273. The molecule has 0 radical (unpaired) electrons. The maximum absolute atomic E-state index is 11.7. The maximum atomic E-state index is 11.7. The van der Waals surface area contributed by atoms with E-state index in [1.807, 2.05) is 18.2 Å². The van der Waals surface area contributed by atoms with Crippen molar-refractivity contribution in [2.24, 2.45) is 0 Å². The topological polar surface area (TPSA) is 89.9 Å². The van der Waals surface area contributed by atoms with Crippen LogP contribution in [0, 0.1) is 0 Å². The summed E-state index contributed by atoms with van der Waals surface area (Å²) in [5.41, 5.74) is 2.41. The van der Waals surface area contributed by atoms with Crippen LogP contribution in [0.3, 0.4) is 0 Å². The van der Waals surface area contributed by atoms with Crippen molar-refractivity contribution in [1.29, 1.82) is 0 Å². The number of nitrogens with one attached hydrogen (secondary N) is 2. The molecule has 1 aliphatic rings. The van der Waals surface area contributed by atoms with Crippen molar-refractivity contribution in [3.8, 4) is 0 Å². The third kappa shape index (κ3) is 1.49. The summed E-state index contributed by atoms with van der Waals surface area (Å²) < 4.78 is 1.56. The number of rotatable bonds is 1. The van der Waals surface area contributed by atoms with Gasteiger partial charge in [-0.2, -0.15) is 0 Å². The SMILES string of the molecule is O=C([O-])NC1Cc2cccc3[nH]c(=O)n(c23)C1. The first-order valence-electron chi connectivity index (χ1n) is 5.33. The Morgan fingerprint density at radius 3 is 3.12 bits per heavy atom. The van der Waals surface area contributed by atoms with E-state index in [0.29, 0.717) is 13.0 Å². The van der Waals surface area contributed by atoms with Crippen LogP contribution in [0.25, 0.3) is 11.0 Å². The molecule has 1 unspecified atom stereocenters. The molecule has 0 aliphatic carbocycles. The van der Waals surface area contributed by atoms with Crippen molar-refractivity contribution >= 4 is 17.1 Å². The average molecular weight is 232 g/mol. The van der Waals surface area contributed by atoms with Crippen molar-refractivity contribution < 1.29 is 9.90 Å². The van der Waals surface area contributed by atoms with Gasteiger partial charge in [0.25, 0.3) is 0 Å². The second-order valence-electron chi connectivity index (χ2n) is 4.19. The normalized spacial score (nSPS) is 18.2. The van der Waals surface area contributed by atoms with Crippen molar-refractivity contribution in [2.45, 2.75) is 19.0 Å². The number of para-hydroxylation sites is 1. The Kier molecular flexibility index (Phi) is 1.98. The number of carbonyl (C=O) groups is 1. The molecule has 0 bridgehead atoms. The molecular weight excluding hydrogens is 222 g/mol. The minimum atomic E-state index is -1.31. The zero-order chi connectivity index (χ0) is 12.0. The summed E-state index contributed by atoms with van der Waals surface area (Å²) in [5, 5.41) is 12.8. The van der Waals surface area contributed by atoms with E-state index < -0.39 is 6.09 Å². The average Bonchev–Trinajstić information content (AvgIpc) is 2.57. The fourth-order valence-corrected chi connectivity index (χ4v) is 2.45. The van der Waals surface area contributed by atoms with Crippen LogP contribution in [0.4, 0.5) is 4.79 Å². The summed E-state index contributed by atoms with van der Waals surface area (Å²) in [6.07, 6.45) is -0.739. The van der Waals surface area contributed by atoms with Crippen LogP contribution in [0.2, 0.25) is 0 Å². The molecule has 0 spiro atoms. The molecule has 1 aromatic carbocycles. The molecule has 6 heteroatoms. The predicted molar refractivity (Wildman–Crippen MR) is 58.6 cm³/mol. The number of carbonyl (C=O) groups excluding carboxylic acids is 1. The first-order chi connectivity index (χ1) is 8.15. The van der Waals surface area contributed by atoms with E-state index >= 15 is 0 Å². The van der Waals surface area contributed by atoms with Crippen LogP contribution in [-0.4, -0.2) is 21.7 Å². The minimum absolute atomic E-state index is 0.211. The highest BCUT2D eigenvalue weighted by molar-refractivity contribution is 5.80. The Hall–Kier alpha value is -2.24. The van der Waals surface area contributed by atoms with E-state index in [-0.39, 0.29) is 11.7 Å². The quantitative estimate of drug-likeness (QED) is 0.673. The first kappa shape index (κ1) is 9.95. The molecule has 1 aromatic heterocycles. The number of carboxylic acid groups (broad SMARTS) is 1. The van der Waals surface area contributed by atoms with Crippen molar-refractivity contribution in [1.82, 2.24) is 14.9 Å². The first-order valence-corrected chi connectivity index (χ1v) is 5.33. The molecule has 0 fully saturated rings. The summed E-state index contributed by atoms with van der Waals surface area (Å²) in [4.78, 5) is 25.0. The Bertz CT molecular complexity index is 656. The Morgan fingerprint density at radius 2 is 2.35 bits per heavy atom. The van der Waals surface area contributed by atoms with Crippen LogP contribution < -0.4 is 16.1 Å². The second-order valence-corrected chi connectivity index (χ2v) is 4.19. The molecule has 2 heterocycles. The van der Waals surface area contributed by atoms with Gasteiger partial charge in [0.1, 0.15) is 6.09 Å². The molecule has 88 valence electrons. The molecular formula is C11H10N3O3-. The molecule has 0 saturated carbocycles. The number of hydrogen-bond donors (Lipinski definition) is 2. The van der Waals surface area contributed by atoms with Crippen LogP contribution >= 0.6 is 0 Å². The number of H-pyrrole nitrogens is 1. The standard InChI is InChI=1S/C11H11N3O3/c15-10-13-8-3-1-2-6-4-7(12-11(16)17)5-14(10)9(6)8/h1-3,7,12H,4-5H2,(H,13,15)(H,16,17)/p-1. The number of aromatic amines is 1. The predicted octanol–water partition coefficient (Wildman–Crippen LogP) is -0.813. The van der Waals surface area contributed by atoms with Gasteiger partial charge < -0.3 is 20.2 Å². The minimum Gasteiger partial charge on any atom is -0.530 e. The van der Waals surface area contributed by atoms with Crippen LogP contribution in [0.15, 0.2) is 23.0 Å². The maximum Gasteiger partial charge on any atom is 0.326 e. The molecule has 1 atom stereocenters. The molecule has 17 heavy (non-hydrogen) atoms. The van der Waals surface area contributed by atoms with Gasteiger partial charge in [0, 0.05) is 12.6 Å². The number of benzene rings is 1. The van der Waals surface area contributed by atoms with Gasteiger partial charge in [-0.15, -0.1) is 0 Å².